The average Bonchev–Trinajstić information content (AvgIpc) is 2.61. The van der Waals surface area contributed by atoms with Crippen LogP contribution in [0.15, 0.2) is 24.5 Å². The minimum atomic E-state index is -0.0299. The molecule has 2 rings (SSSR count). The highest BCUT2D eigenvalue weighted by molar-refractivity contribution is 5.74. The van der Waals surface area contributed by atoms with Gasteiger partial charge in [-0.2, -0.15) is 0 Å². The van der Waals surface area contributed by atoms with Gasteiger partial charge in [-0.1, -0.05) is 39.5 Å². The summed E-state index contributed by atoms with van der Waals surface area (Å²) in [5, 5.41) is 6.39. The molecule has 2 atom stereocenters. The van der Waals surface area contributed by atoms with Gasteiger partial charge in [0.05, 0.1) is 6.04 Å². The second kappa shape index (κ2) is 9.53. The van der Waals surface area contributed by atoms with Crippen LogP contribution in [-0.4, -0.2) is 17.1 Å². The van der Waals surface area contributed by atoms with Crippen LogP contribution >= 0.6 is 0 Å². The number of nitrogens with zero attached hydrogens (tertiary/aromatic N) is 1. The Balaban J connectivity index is 1.92. The van der Waals surface area contributed by atoms with Crippen molar-refractivity contribution in [3.63, 3.8) is 0 Å². The molecule has 2 unspecified atom stereocenters. The second-order valence-electron chi connectivity index (χ2n) is 6.65. The SMILES string of the molecule is CCCC(NC(=O)NC(CC)c1ccncc1)C1CCCCC1. The van der Waals surface area contributed by atoms with E-state index in [1.807, 2.05) is 12.1 Å². The van der Waals surface area contributed by atoms with Gasteiger partial charge in [0.15, 0.2) is 0 Å². The molecule has 2 amide bonds. The van der Waals surface area contributed by atoms with Crippen LogP contribution in [0.5, 0.6) is 0 Å². The summed E-state index contributed by atoms with van der Waals surface area (Å²) in [5.74, 6) is 0.649. The van der Waals surface area contributed by atoms with Gasteiger partial charge in [-0.15, -0.1) is 0 Å². The summed E-state index contributed by atoms with van der Waals surface area (Å²) in [6.07, 6.45) is 13.1. The molecule has 0 aliphatic heterocycles. The average molecular weight is 317 g/mol. The van der Waals surface area contributed by atoms with Gasteiger partial charge in [-0.3, -0.25) is 4.98 Å². The quantitative estimate of drug-likeness (QED) is 0.773. The molecular weight excluding hydrogens is 286 g/mol. The number of hydrogen-bond donors (Lipinski definition) is 2. The Morgan fingerprint density at radius 1 is 1.17 bits per heavy atom. The fraction of sp³-hybridized carbons (Fsp3) is 0.684. The number of hydrogen-bond acceptors (Lipinski definition) is 2. The Bertz CT molecular complexity index is 457. The van der Waals surface area contributed by atoms with Crippen molar-refractivity contribution in [2.45, 2.75) is 77.3 Å². The Hall–Kier alpha value is -1.58. The van der Waals surface area contributed by atoms with Gasteiger partial charge in [0.2, 0.25) is 0 Å². The van der Waals surface area contributed by atoms with Gasteiger partial charge < -0.3 is 10.6 Å². The highest BCUT2D eigenvalue weighted by Gasteiger charge is 2.25. The summed E-state index contributed by atoms with van der Waals surface area (Å²) in [5.41, 5.74) is 1.11. The third-order valence-corrected chi connectivity index (χ3v) is 4.96. The predicted molar refractivity (Wildman–Crippen MR) is 94.2 cm³/mol. The minimum absolute atomic E-state index is 0.0299. The maximum absolute atomic E-state index is 12.5. The third kappa shape index (κ3) is 5.52. The van der Waals surface area contributed by atoms with Crippen LogP contribution in [0, 0.1) is 5.92 Å². The molecular formula is C19H31N3O. The summed E-state index contributed by atoms with van der Waals surface area (Å²) >= 11 is 0. The zero-order valence-electron chi connectivity index (χ0n) is 14.6. The zero-order valence-corrected chi connectivity index (χ0v) is 14.6. The van der Waals surface area contributed by atoms with Gasteiger partial charge in [-0.25, -0.2) is 4.79 Å². The topological polar surface area (TPSA) is 54.0 Å². The molecule has 23 heavy (non-hydrogen) atoms. The number of carbonyl (C=O) groups excluding carboxylic acids is 1. The lowest BCUT2D eigenvalue weighted by atomic mass is 9.82. The van der Waals surface area contributed by atoms with E-state index in [9.17, 15) is 4.79 Å². The molecule has 1 aliphatic rings. The predicted octanol–water partition coefficient (Wildman–Crippen LogP) is 4.58. The fourth-order valence-electron chi connectivity index (χ4n) is 3.66. The molecule has 1 saturated carbocycles. The first-order chi connectivity index (χ1) is 11.2. The molecule has 1 aromatic heterocycles. The smallest absolute Gasteiger partial charge is 0.315 e. The van der Waals surface area contributed by atoms with Gasteiger partial charge in [0.25, 0.3) is 0 Å². The summed E-state index contributed by atoms with van der Waals surface area (Å²) in [4.78, 5) is 16.5. The van der Waals surface area contributed by atoms with Crippen molar-refractivity contribution >= 4 is 6.03 Å². The molecule has 128 valence electrons. The van der Waals surface area contributed by atoms with Crippen molar-refractivity contribution in [3.05, 3.63) is 30.1 Å². The van der Waals surface area contributed by atoms with Crippen LogP contribution in [0.4, 0.5) is 4.79 Å². The number of pyridine rings is 1. The van der Waals surface area contributed by atoms with Gasteiger partial charge in [-0.05, 0) is 49.3 Å². The maximum Gasteiger partial charge on any atom is 0.315 e. The molecule has 4 nitrogen and oxygen atoms in total. The van der Waals surface area contributed by atoms with E-state index in [0.29, 0.717) is 12.0 Å². The lowest BCUT2D eigenvalue weighted by Gasteiger charge is -2.31. The summed E-state index contributed by atoms with van der Waals surface area (Å²) < 4.78 is 0. The van der Waals surface area contributed by atoms with Crippen LogP contribution in [0.3, 0.4) is 0 Å². The molecule has 0 aromatic carbocycles. The second-order valence-corrected chi connectivity index (χ2v) is 6.65. The number of aromatic nitrogens is 1. The Labute approximate surface area is 140 Å². The molecule has 1 heterocycles. The summed E-state index contributed by atoms with van der Waals surface area (Å²) in [6.45, 7) is 4.29. The molecule has 2 N–H and O–H groups in total. The van der Waals surface area contributed by atoms with Crippen molar-refractivity contribution in [1.82, 2.24) is 15.6 Å². The van der Waals surface area contributed by atoms with Gasteiger partial charge in [0.1, 0.15) is 0 Å². The van der Waals surface area contributed by atoms with E-state index in [1.54, 1.807) is 12.4 Å². The van der Waals surface area contributed by atoms with E-state index >= 15 is 0 Å². The molecule has 4 heteroatoms. The van der Waals surface area contributed by atoms with Crippen molar-refractivity contribution in [3.8, 4) is 0 Å². The molecule has 1 aromatic rings. The van der Waals surface area contributed by atoms with Crippen LogP contribution in [0.25, 0.3) is 0 Å². The van der Waals surface area contributed by atoms with E-state index in [-0.39, 0.29) is 12.1 Å². The van der Waals surface area contributed by atoms with E-state index in [0.717, 1.165) is 24.8 Å². The van der Waals surface area contributed by atoms with Gasteiger partial charge >= 0.3 is 6.03 Å². The van der Waals surface area contributed by atoms with Crippen molar-refractivity contribution in [1.29, 1.82) is 0 Å². The largest absolute Gasteiger partial charge is 0.335 e. The lowest BCUT2D eigenvalue weighted by Crippen LogP contribution is -2.46. The van der Waals surface area contributed by atoms with E-state index in [1.165, 1.54) is 32.1 Å². The molecule has 0 radical (unpaired) electrons. The highest BCUT2D eigenvalue weighted by Crippen LogP contribution is 2.28. The first-order valence-corrected chi connectivity index (χ1v) is 9.21. The lowest BCUT2D eigenvalue weighted by molar-refractivity contribution is 0.214. The fourth-order valence-corrected chi connectivity index (χ4v) is 3.66. The molecule has 0 saturated heterocycles. The Kier molecular flexibility index (Phi) is 7.37. The highest BCUT2D eigenvalue weighted by atomic mass is 16.2. The Morgan fingerprint density at radius 2 is 1.87 bits per heavy atom. The van der Waals surface area contributed by atoms with E-state index < -0.39 is 0 Å². The molecule has 0 spiro atoms. The van der Waals surface area contributed by atoms with Crippen LogP contribution < -0.4 is 10.6 Å². The van der Waals surface area contributed by atoms with Gasteiger partial charge in [0, 0.05) is 18.4 Å². The third-order valence-electron chi connectivity index (χ3n) is 4.96. The standard InChI is InChI=1S/C19H31N3O/c1-3-8-18(15-9-6-5-7-10-15)22-19(23)21-17(4-2)16-11-13-20-14-12-16/h11-15,17-18H,3-10H2,1-2H3,(H2,21,22,23). The van der Waals surface area contributed by atoms with Crippen molar-refractivity contribution in [2.75, 3.05) is 0 Å². The van der Waals surface area contributed by atoms with Crippen LogP contribution in [0.2, 0.25) is 0 Å². The number of nitrogens with one attached hydrogen (secondary N) is 2. The molecule has 1 aliphatic carbocycles. The molecule has 1 fully saturated rings. The zero-order chi connectivity index (χ0) is 16.5. The number of amides is 2. The Morgan fingerprint density at radius 3 is 2.48 bits per heavy atom. The number of rotatable bonds is 7. The van der Waals surface area contributed by atoms with Crippen molar-refractivity contribution in [2.24, 2.45) is 5.92 Å². The molecule has 0 bridgehead atoms. The van der Waals surface area contributed by atoms with Crippen molar-refractivity contribution < 1.29 is 4.79 Å². The van der Waals surface area contributed by atoms with E-state index in [4.69, 9.17) is 0 Å². The minimum Gasteiger partial charge on any atom is -0.335 e. The normalized spacial score (nSPS) is 18.2. The summed E-state index contributed by atoms with van der Waals surface area (Å²) in [6, 6.07) is 4.28. The number of carbonyl (C=O) groups is 1. The maximum atomic E-state index is 12.5. The first kappa shape index (κ1) is 17.8. The summed E-state index contributed by atoms with van der Waals surface area (Å²) in [7, 11) is 0. The first-order valence-electron chi connectivity index (χ1n) is 9.21. The van der Waals surface area contributed by atoms with E-state index in [2.05, 4.69) is 29.5 Å². The van der Waals surface area contributed by atoms with Crippen LogP contribution in [0.1, 0.15) is 76.8 Å². The monoisotopic (exact) mass is 317 g/mol. The van der Waals surface area contributed by atoms with Crippen LogP contribution in [-0.2, 0) is 0 Å². The number of urea groups is 1.